The van der Waals surface area contributed by atoms with Crippen molar-refractivity contribution >= 4 is 11.6 Å². The number of aromatic nitrogens is 2. The van der Waals surface area contributed by atoms with Gasteiger partial charge in [0.25, 0.3) is 5.91 Å². The van der Waals surface area contributed by atoms with Crippen LogP contribution in [0.25, 0.3) is 0 Å². The summed E-state index contributed by atoms with van der Waals surface area (Å²) in [6.45, 7) is 5.80. The van der Waals surface area contributed by atoms with Gasteiger partial charge in [0.05, 0.1) is 29.6 Å². The summed E-state index contributed by atoms with van der Waals surface area (Å²) >= 11 is 0. The summed E-state index contributed by atoms with van der Waals surface area (Å²) in [4.78, 5) is 17.5. The number of aliphatic hydroxyl groups excluding tert-OH is 1. The molecule has 4 rings (SSSR count). The molecule has 2 aliphatic rings. The van der Waals surface area contributed by atoms with Gasteiger partial charge in [0.15, 0.2) is 0 Å². The minimum Gasteiger partial charge on any atom is -0.387 e. The molecule has 6 heteroatoms. The first-order chi connectivity index (χ1) is 12.6. The van der Waals surface area contributed by atoms with E-state index in [4.69, 9.17) is 0 Å². The van der Waals surface area contributed by atoms with Crippen molar-refractivity contribution in [2.45, 2.75) is 45.4 Å². The van der Waals surface area contributed by atoms with Gasteiger partial charge < -0.3 is 14.9 Å². The Kier molecular flexibility index (Phi) is 4.68. The molecule has 1 N–H and O–H groups in total. The van der Waals surface area contributed by atoms with Crippen LogP contribution in [0, 0.1) is 0 Å². The molecule has 0 bridgehead atoms. The van der Waals surface area contributed by atoms with Crippen molar-refractivity contribution in [3.8, 4) is 0 Å². The topological polar surface area (TPSA) is 61.6 Å². The summed E-state index contributed by atoms with van der Waals surface area (Å²) in [5.41, 5.74) is 3.51. The van der Waals surface area contributed by atoms with Crippen LogP contribution in [-0.2, 0) is 13.1 Å². The quantitative estimate of drug-likeness (QED) is 0.920. The number of para-hydroxylation sites is 1. The monoisotopic (exact) mass is 354 g/mol. The Morgan fingerprint density at radius 3 is 2.65 bits per heavy atom. The van der Waals surface area contributed by atoms with E-state index in [0.29, 0.717) is 12.2 Å². The van der Waals surface area contributed by atoms with Crippen LogP contribution < -0.4 is 4.90 Å². The van der Waals surface area contributed by atoms with Crippen molar-refractivity contribution in [1.82, 2.24) is 14.7 Å². The summed E-state index contributed by atoms with van der Waals surface area (Å²) in [7, 11) is 0. The molecule has 2 aromatic rings. The van der Waals surface area contributed by atoms with Crippen LogP contribution in [0.5, 0.6) is 0 Å². The van der Waals surface area contributed by atoms with E-state index >= 15 is 0 Å². The Morgan fingerprint density at radius 1 is 1.12 bits per heavy atom. The normalized spacial score (nSPS) is 18.5. The summed E-state index contributed by atoms with van der Waals surface area (Å²) in [5, 5.41) is 14.3. The number of benzene rings is 1. The molecule has 0 unspecified atom stereocenters. The lowest BCUT2D eigenvalue weighted by molar-refractivity contribution is 0.0746. The van der Waals surface area contributed by atoms with Gasteiger partial charge in [-0.15, -0.1) is 0 Å². The highest BCUT2D eigenvalue weighted by molar-refractivity contribution is 5.99. The Bertz CT molecular complexity index is 793. The molecule has 138 valence electrons. The first-order valence-corrected chi connectivity index (χ1v) is 9.51. The number of aliphatic hydroxyl groups is 1. The molecule has 3 heterocycles. The van der Waals surface area contributed by atoms with E-state index in [0.717, 1.165) is 49.5 Å². The van der Waals surface area contributed by atoms with Gasteiger partial charge in [-0.25, -0.2) is 0 Å². The van der Waals surface area contributed by atoms with E-state index < -0.39 is 6.10 Å². The SMILES string of the molecule is C[C@@H](O)c1cc2n(n1)CCCN(C(=O)c1ccccc1N1CCCC1)C2. The average Bonchev–Trinajstić information content (AvgIpc) is 3.27. The number of fused-ring (bicyclic) bond motifs is 1. The highest BCUT2D eigenvalue weighted by Crippen LogP contribution is 2.27. The number of carbonyl (C=O) groups excluding carboxylic acids is 1. The molecule has 1 atom stereocenters. The van der Waals surface area contributed by atoms with E-state index in [9.17, 15) is 9.90 Å². The van der Waals surface area contributed by atoms with Crippen molar-refractivity contribution in [3.63, 3.8) is 0 Å². The van der Waals surface area contributed by atoms with Gasteiger partial charge in [-0.2, -0.15) is 5.10 Å². The third kappa shape index (κ3) is 3.21. The molecule has 0 aliphatic carbocycles. The highest BCUT2D eigenvalue weighted by atomic mass is 16.3. The number of aryl methyl sites for hydroxylation is 1. The van der Waals surface area contributed by atoms with Gasteiger partial charge in [0, 0.05) is 31.9 Å². The Hall–Kier alpha value is -2.34. The number of amides is 1. The predicted octanol–water partition coefficient (Wildman–Crippen LogP) is 2.58. The lowest BCUT2D eigenvalue weighted by Gasteiger charge is -2.25. The summed E-state index contributed by atoms with van der Waals surface area (Å²) in [6, 6.07) is 9.88. The summed E-state index contributed by atoms with van der Waals surface area (Å²) < 4.78 is 1.93. The van der Waals surface area contributed by atoms with E-state index in [1.54, 1.807) is 6.92 Å². The van der Waals surface area contributed by atoms with Gasteiger partial charge in [-0.3, -0.25) is 9.48 Å². The summed E-state index contributed by atoms with van der Waals surface area (Å²) in [6.07, 6.45) is 2.65. The van der Waals surface area contributed by atoms with E-state index in [1.807, 2.05) is 33.8 Å². The molecular weight excluding hydrogens is 328 g/mol. The van der Waals surface area contributed by atoms with E-state index in [-0.39, 0.29) is 5.91 Å². The number of hydrogen-bond donors (Lipinski definition) is 1. The largest absolute Gasteiger partial charge is 0.387 e. The molecule has 0 saturated carbocycles. The molecular formula is C20H26N4O2. The second kappa shape index (κ2) is 7.11. The maximum atomic E-state index is 13.3. The minimum atomic E-state index is -0.588. The van der Waals surface area contributed by atoms with Crippen LogP contribution >= 0.6 is 0 Å². The standard InChI is InChI=1S/C20H26N4O2/c1-15(25)18-13-16-14-23(11-6-12-24(16)21-18)20(26)17-7-2-3-8-19(17)22-9-4-5-10-22/h2-3,7-8,13,15,25H,4-6,9-12,14H2,1H3/t15-/m1/s1. The van der Waals surface area contributed by atoms with Gasteiger partial charge in [0.1, 0.15) is 0 Å². The van der Waals surface area contributed by atoms with Crippen molar-refractivity contribution in [1.29, 1.82) is 0 Å². The third-order valence-electron chi connectivity index (χ3n) is 5.33. The van der Waals surface area contributed by atoms with Gasteiger partial charge in [-0.1, -0.05) is 12.1 Å². The van der Waals surface area contributed by atoms with Crippen molar-refractivity contribution in [2.24, 2.45) is 0 Å². The molecule has 0 radical (unpaired) electrons. The van der Waals surface area contributed by atoms with Crippen LogP contribution in [-0.4, -0.2) is 45.3 Å². The van der Waals surface area contributed by atoms with Gasteiger partial charge in [0.2, 0.25) is 0 Å². The third-order valence-corrected chi connectivity index (χ3v) is 5.33. The molecule has 1 amide bonds. The predicted molar refractivity (Wildman–Crippen MR) is 100 cm³/mol. The molecule has 0 spiro atoms. The molecule has 1 fully saturated rings. The lowest BCUT2D eigenvalue weighted by atomic mass is 10.1. The Balaban J connectivity index is 1.60. The van der Waals surface area contributed by atoms with Gasteiger partial charge >= 0.3 is 0 Å². The summed E-state index contributed by atoms with van der Waals surface area (Å²) in [5.74, 6) is 0.0840. The van der Waals surface area contributed by atoms with Crippen molar-refractivity contribution < 1.29 is 9.90 Å². The number of nitrogens with zero attached hydrogens (tertiary/aromatic N) is 4. The first kappa shape index (κ1) is 17.1. The van der Waals surface area contributed by atoms with Crippen LogP contribution in [0.3, 0.4) is 0 Å². The Labute approximate surface area is 154 Å². The second-order valence-electron chi connectivity index (χ2n) is 7.25. The zero-order chi connectivity index (χ0) is 18.1. The fraction of sp³-hybridized carbons (Fsp3) is 0.500. The van der Waals surface area contributed by atoms with E-state index in [1.165, 1.54) is 12.8 Å². The molecule has 1 aromatic heterocycles. The number of rotatable bonds is 3. The number of carbonyl (C=O) groups is 1. The van der Waals surface area contributed by atoms with Crippen LogP contribution in [0.1, 0.15) is 54.0 Å². The molecule has 26 heavy (non-hydrogen) atoms. The maximum absolute atomic E-state index is 13.3. The minimum absolute atomic E-state index is 0.0840. The second-order valence-corrected chi connectivity index (χ2v) is 7.25. The molecule has 2 aliphatic heterocycles. The fourth-order valence-electron chi connectivity index (χ4n) is 3.92. The molecule has 6 nitrogen and oxygen atoms in total. The zero-order valence-corrected chi connectivity index (χ0v) is 15.3. The van der Waals surface area contributed by atoms with Crippen LogP contribution in [0.4, 0.5) is 5.69 Å². The molecule has 1 saturated heterocycles. The maximum Gasteiger partial charge on any atom is 0.256 e. The lowest BCUT2D eigenvalue weighted by Crippen LogP contribution is -2.32. The highest BCUT2D eigenvalue weighted by Gasteiger charge is 2.26. The first-order valence-electron chi connectivity index (χ1n) is 9.51. The number of anilines is 1. The average molecular weight is 354 g/mol. The zero-order valence-electron chi connectivity index (χ0n) is 15.3. The van der Waals surface area contributed by atoms with Crippen molar-refractivity contribution in [3.05, 3.63) is 47.3 Å². The van der Waals surface area contributed by atoms with Crippen molar-refractivity contribution in [2.75, 3.05) is 24.5 Å². The van der Waals surface area contributed by atoms with Crippen LogP contribution in [0.2, 0.25) is 0 Å². The van der Waals surface area contributed by atoms with Gasteiger partial charge in [-0.05, 0) is 44.4 Å². The Morgan fingerprint density at radius 2 is 1.88 bits per heavy atom. The van der Waals surface area contributed by atoms with E-state index in [2.05, 4.69) is 16.1 Å². The fourth-order valence-corrected chi connectivity index (χ4v) is 3.92. The number of hydrogen-bond acceptors (Lipinski definition) is 4. The molecule has 1 aromatic carbocycles. The van der Waals surface area contributed by atoms with Crippen LogP contribution in [0.15, 0.2) is 30.3 Å². The smallest absolute Gasteiger partial charge is 0.256 e.